The first kappa shape index (κ1) is 31.7. The van der Waals surface area contributed by atoms with E-state index in [-0.39, 0.29) is 30.4 Å². The van der Waals surface area contributed by atoms with Crippen LogP contribution in [0.5, 0.6) is 11.5 Å². The van der Waals surface area contributed by atoms with Crippen LogP contribution in [-0.4, -0.2) is 62.8 Å². The molecule has 5 rings (SSSR count). The molecule has 11 nitrogen and oxygen atoms in total. The highest BCUT2D eigenvalue weighted by Gasteiger charge is 2.36. The zero-order valence-electron chi connectivity index (χ0n) is 26.2. The van der Waals surface area contributed by atoms with Crippen molar-refractivity contribution in [2.24, 2.45) is 4.99 Å². The van der Waals surface area contributed by atoms with Crippen LogP contribution in [0.4, 0.5) is 17.1 Å². The molecule has 3 N–H and O–H groups in total. The molecule has 0 bridgehead atoms. The van der Waals surface area contributed by atoms with Crippen LogP contribution >= 0.6 is 0 Å². The Morgan fingerprint density at radius 1 is 0.978 bits per heavy atom. The second-order valence-corrected chi connectivity index (χ2v) is 11.1. The summed E-state index contributed by atoms with van der Waals surface area (Å²) < 4.78 is 17.2. The third kappa shape index (κ3) is 7.00. The number of hydrogen-bond donors (Lipinski definition) is 3. The van der Waals surface area contributed by atoms with Crippen molar-refractivity contribution in [1.29, 1.82) is 0 Å². The Balaban J connectivity index is 1.33. The SMILES string of the molecule is CCN[C@@H](C)C(=O)N[C@@H](C)C(=O)Nc1cc(COC)cc(COc2cc3c(cc2OC)C(=O)N2c4ccccc4C[C@H]2C=N3)c1. The lowest BCUT2D eigenvalue weighted by Gasteiger charge is -2.22. The maximum Gasteiger partial charge on any atom is 0.261 e. The fraction of sp³-hybridized carbons (Fsp3) is 0.353. The number of ether oxygens (including phenoxy) is 3. The van der Waals surface area contributed by atoms with E-state index in [2.05, 4.69) is 20.9 Å². The Hall–Kier alpha value is -4.74. The molecule has 3 aromatic carbocycles. The van der Waals surface area contributed by atoms with E-state index in [0.29, 0.717) is 48.0 Å². The first-order valence-electron chi connectivity index (χ1n) is 15.0. The number of rotatable bonds is 12. The molecule has 3 atom stereocenters. The average Bonchev–Trinajstić information content (AvgIpc) is 3.34. The smallest absolute Gasteiger partial charge is 0.261 e. The summed E-state index contributed by atoms with van der Waals surface area (Å²) in [6, 6.07) is 15.5. The first-order chi connectivity index (χ1) is 21.7. The Morgan fingerprint density at radius 3 is 2.47 bits per heavy atom. The minimum absolute atomic E-state index is 0.141. The van der Waals surface area contributed by atoms with Gasteiger partial charge in [0.2, 0.25) is 11.8 Å². The van der Waals surface area contributed by atoms with Crippen LogP contribution in [-0.2, 0) is 34.0 Å². The molecule has 2 aliphatic rings. The van der Waals surface area contributed by atoms with E-state index in [1.165, 1.54) is 7.11 Å². The topological polar surface area (TPSA) is 131 Å². The monoisotopic (exact) mass is 613 g/mol. The third-order valence-corrected chi connectivity index (χ3v) is 7.81. The molecule has 0 fully saturated rings. The van der Waals surface area contributed by atoms with Gasteiger partial charge in [0.25, 0.3) is 5.91 Å². The van der Waals surface area contributed by atoms with Gasteiger partial charge in [-0.25, -0.2) is 0 Å². The molecule has 236 valence electrons. The molecule has 0 aliphatic carbocycles. The number of benzene rings is 3. The number of nitrogens with one attached hydrogen (secondary N) is 3. The average molecular weight is 614 g/mol. The van der Waals surface area contributed by atoms with E-state index in [9.17, 15) is 14.4 Å². The van der Waals surface area contributed by atoms with E-state index >= 15 is 0 Å². The van der Waals surface area contributed by atoms with Gasteiger partial charge in [-0.15, -0.1) is 0 Å². The van der Waals surface area contributed by atoms with Crippen LogP contribution in [0.2, 0.25) is 0 Å². The number of fused-ring (bicyclic) bond motifs is 4. The van der Waals surface area contributed by atoms with Gasteiger partial charge >= 0.3 is 0 Å². The molecule has 3 amide bonds. The van der Waals surface area contributed by atoms with Gasteiger partial charge in [0.05, 0.1) is 37.1 Å². The highest BCUT2D eigenvalue weighted by atomic mass is 16.5. The number of carbonyl (C=O) groups is 3. The fourth-order valence-electron chi connectivity index (χ4n) is 5.57. The Labute approximate surface area is 263 Å². The molecular weight excluding hydrogens is 574 g/mol. The number of hydrogen-bond acceptors (Lipinski definition) is 8. The Kier molecular flexibility index (Phi) is 9.80. The van der Waals surface area contributed by atoms with Crippen LogP contribution in [0.15, 0.2) is 59.6 Å². The summed E-state index contributed by atoms with van der Waals surface area (Å²) in [4.78, 5) is 45.5. The van der Waals surface area contributed by atoms with Crippen LogP contribution < -0.4 is 30.3 Å². The van der Waals surface area contributed by atoms with Crippen molar-refractivity contribution in [2.75, 3.05) is 31.0 Å². The minimum Gasteiger partial charge on any atom is -0.493 e. The standard InChI is InChI=1S/C34H39N5O6/c1-6-35-20(2)32(40)37-21(3)33(41)38-25-12-22(18-43-4)11-23(13-25)19-45-31-16-28-27(15-30(31)44-5)34(42)39-26(17-36-28)14-24-9-7-8-10-29(24)39/h7-13,15-17,20-21,26,35H,6,14,18-19H2,1-5H3,(H,37,40)(H,38,41)/t20-,21-,26-/m0/s1. The van der Waals surface area contributed by atoms with Gasteiger partial charge in [-0.05, 0) is 67.4 Å². The normalized spacial score (nSPS) is 16.2. The fourth-order valence-corrected chi connectivity index (χ4v) is 5.57. The minimum atomic E-state index is -0.749. The predicted molar refractivity (Wildman–Crippen MR) is 173 cm³/mol. The molecule has 45 heavy (non-hydrogen) atoms. The van der Waals surface area contributed by atoms with E-state index in [1.807, 2.05) is 49.5 Å². The van der Waals surface area contributed by atoms with Crippen molar-refractivity contribution >= 4 is 41.0 Å². The van der Waals surface area contributed by atoms with Crippen molar-refractivity contribution in [1.82, 2.24) is 10.6 Å². The summed E-state index contributed by atoms with van der Waals surface area (Å²) in [7, 11) is 3.12. The molecular formula is C34H39N5O6. The van der Waals surface area contributed by atoms with Crippen LogP contribution in [0.1, 0.15) is 47.8 Å². The second-order valence-electron chi connectivity index (χ2n) is 11.1. The van der Waals surface area contributed by atoms with E-state index < -0.39 is 12.1 Å². The Morgan fingerprint density at radius 2 is 1.73 bits per heavy atom. The molecule has 0 aromatic heterocycles. The van der Waals surface area contributed by atoms with Gasteiger partial charge in [-0.3, -0.25) is 24.3 Å². The number of carbonyl (C=O) groups excluding carboxylic acids is 3. The maximum atomic E-state index is 13.7. The number of amides is 3. The maximum absolute atomic E-state index is 13.7. The Bertz CT molecular complexity index is 1620. The van der Waals surface area contributed by atoms with Crippen molar-refractivity contribution in [3.8, 4) is 11.5 Å². The quantitative estimate of drug-likeness (QED) is 0.280. The lowest BCUT2D eigenvalue weighted by atomic mass is 10.1. The number of para-hydroxylation sites is 1. The highest BCUT2D eigenvalue weighted by Crippen LogP contribution is 2.41. The molecule has 11 heteroatoms. The summed E-state index contributed by atoms with van der Waals surface area (Å²) in [5.74, 6) is 0.0781. The number of methoxy groups -OCH3 is 2. The second kappa shape index (κ2) is 13.9. The van der Waals surface area contributed by atoms with Crippen LogP contribution in [0.3, 0.4) is 0 Å². The molecule has 2 aliphatic heterocycles. The van der Waals surface area contributed by atoms with Gasteiger partial charge < -0.3 is 30.2 Å². The summed E-state index contributed by atoms with van der Waals surface area (Å²) in [5.41, 5.74) is 5.08. The van der Waals surface area contributed by atoms with Crippen molar-refractivity contribution in [3.63, 3.8) is 0 Å². The van der Waals surface area contributed by atoms with Gasteiger partial charge in [0.15, 0.2) is 11.5 Å². The summed E-state index contributed by atoms with van der Waals surface area (Å²) >= 11 is 0. The molecule has 0 unspecified atom stereocenters. The highest BCUT2D eigenvalue weighted by molar-refractivity contribution is 6.14. The number of aliphatic imine (C=N–C) groups is 1. The lowest BCUT2D eigenvalue weighted by Crippen LogP contribution is -2.49. The number of anilines is 2. The van der Waals surface area contributed by atoms with Gasteiger partial charge in [-0.2, -0.15) is 0 Å². The van der Waals surface area contributed by atoms with Crippen LogP contribution in [0, 0.1) is 0 Å². The van der Waals surface area contributed by atoms with Gasteiger partial charge in [0, 0.05) is 37.2 Å². The number of likely N-dealkylation sites (N-methyl/N-ethyl adjacent to an activating group) is 1. The van der Waals surface area contributed by atoms with Gasteiger partial charge in [-0.1, -0.05) is 25.1 Å². The summed E-state index contributed by atoms with van der Waals surface area (Å²) in [6.45, 7) is 6.40. The summed E-state index contributed by atoms with van der Waals surface area (Å²) in [5, 5.41) is 8.65. The molecule has 0 saturated carbocycles. The largest absolute Gasteiger partial charge is 0.493 e. The first-order valence-corrected chi connectivity index (χ1v) is 15.0. The molecule has 3 aromatic rings. The van der Waals surface area contributed by atoms with Crippen molar-refractivity contribution in [2.45, 2.75) is 58.5 Å². The van der Waals surface area contributed by atoms with Crippen molar-refractivity contribution in [3.05, 3.63) is 76.9 Å². The van der Waals surface area contributed by atoms with Crippen molar-refractivity contribution < 1.29 is 28.6 Å². The van der Waals surface area contributed by atoms with Gasteiger partial charge in [0.1, 0.15) is 12.6 Å². The third-order valence-electron chi connectivity index (χ3n) is 7.81. The van der Waals surface area contributed by atoms with E-state index in [4.69, 9.17) is 14.2 Å². The summed E-state index contributed by atoms with van der Waals surface area (Å²) in [6.07, 6.45) is 2.52. The molecule has 0 saturated heterocycles. The zero-order chi connectivity index (χ0) is 32.1. The molecule has 2 heterocycles. The number of nitrogens with zero attached hydrogens (tertiary/aromatic N) is 2. The molecule has 0 spiro atoms. The predicted octanol–water partition coefficient (Wildman–Crippen LogP) is 4.15. The van der Waals surface area contributed by atoms with E-state index in [0.717, 1.165) is 22.4 Å². The van der Waals surface area contributed by atoms with E-state index in [1.54, 1.807) is 44.1 Å². The molecule has 0 radical (unpaired) electrons. The van der Waals surface area contributed by atoms with Crippen LogP contribution in [0.25, 0.3) is 0 Å². The zero-order valence-corrected chi connectivity index (χ0v) is 26.2. The lowest BCUT2D eigenvalue weighted by molar-refractivity contribution is -0.127.